The average molecular weight is 298 g/mol. The molecule has 0 heterocycles. The smallest absolute Gasteiger partial charge is 0.157 e. The Labute approximate surface area is 127 Å². The van der Waals surface area contributed by atoms with E-state index in [9.17, 15) is 19.8 Å². The highest BCUT2D eigenvalue weighted by Crippen LogP contribution is 2.11. The molecule has 0 aliphatic carbocycles. The molecular weight excluding hydrogens is 284 g/mol. The first-order valence-electron chi connectivity index (χ1n) is 6.62. The van der Waals surface area contributed by atoms with Crippen LogP contribution in [0.15, 0.2) is 60.7 Å². The van der Waals surface area contributed by atoms with Crippen LogP contribution in [0.2, 0.25) is 0 Å². The molecular formula is C16H14N2O4-2. The zero-order valence-corrected chi connectivity index (χ0v) is 11.7. The van der Waals surface area contributed by atoms with Crippen molar-refractivity contribution in [3.63, 3.8) is 0 Å². The molecule has 6 heteroatoms. The number of rotatable bonds is 4. The van der Waals surface area contributed by atoms with Crippen molar-refractivity contribution in [2.45, 2.75) is 13.1 Å². The highest BCUT2D eigenvalue weighted by molar-refractivity contribution is 5.69. The number of benzene rings is 2. The molecule has 0 bridgehead atoms. The van der Waals surface area contributed by atoms with Crippen LogP contribution < -0.4 is 10.2 Å². The van der Waals surface area contributed by atoms with Gasteiger partial charge in [-0.1, -0.05) is 60.7 Å². The Hall–Kier alpha value is -3.02. The van der Waals surface area contributed by atoms with Crippen LogP contribution >= 0.6 is 0 Å². The normalized spacial score (nSPS) is 10.0. The lowest BCUT2D eigenvalue weighted by atomic mass is 10.2. The van der Waals surface area contributed by atoms with Gasteiger partial charge in [-0.05, 0) is 11.1 Å². The van der Waals surface area contributed by atoms with Gasteiger partial charge < -0.3 is 19.8 Å². The number of carbonyl (C=O) groups excluding carboxylic acids is 2. The lowest BCUT2D eigenvalue weighted by molar-refractivity contribution is -0.307. The molecule has 2 aromatic carbocycles. The largest absolute Gasteiger partial charge is 0.529 e. The molecule has 0 spiro atoms. The van der Waals surface area contributed by atoms with Crippen molar-refractivity contribution in [3.05, 3.63) is 71.8 Å². The van der Waals surface area contributed by atoms with Gasteiger partial charge in [-0.3, -0.25) is 10.0 Å². The van der Waals surface area contributed by atoms with Gasteiger partial charge in [-0.25, -0.2) is 0 Å². The van der Waals surface area contributed by atoms with Crippen LogP contribution in [-0.4, -0.2) is 22.2 Å². The Morgan fingerprint density at radius 3 is 1.27 bits per heavy atom. The van der Waals surface area contributed by atoms with Gasteiger partial charge in [-0.2, -0.15) is 0 Å². The van der Waals surface area contributed by atoms with E-state index < -0.39 is 12.2 Å². The lowest BCUT2D eigenvalue weighted by Crippen LogP contribution is -2.56. The van der Waals surface area contributed by atoms with E-state index in [1.54, 1.807) is 60.7 Å². The predicted octanol–water partition coefficient (Wildman–Crippen LogP) is 0.592. The molecule has 2 rings (SSSR count). The minimum atomic E-state index is -1.61. The third kappa shape index (κ3) is 3.99. The van der Waals surface area contributed by atoms with Gasteiger partial charge in [0.05, 0.1) is 13.1 Å². The third-order valence-corrected chi connectivity index (χ3v) is 3.06. The number of amides is 2. The minimum absolute atomic E-state index is 0.135. The summed E-state index contributed by atoms with van der Waals surface area (Å²) in [5, 5.41) is 23.9. The first kappa shape index (κ1) is 15.4. The predicted molar refractivity (Wildman–Crippen MR) is 74.8 cm³/mol. The van der Waals surface area contributed by atoms with E-state index in [4.69, 9.17) is 0 Å². The molecule has 0 aliphatic heterocycles. The average Bonchev–Trinajstić information content (AvgIpc) is 2.52. The monoisotopic (exact) mass is 298 g/mol. The number of hydrazine groups is 1. The van der Waals surface area contributed by atoms with Crippen LogP contribution in [0, 0.1) is 0 Å². The van der Waals surface area contributed by atoms with Crippen molar-refractivity contribution in [1.82, 2.24) is 10.0 Å². The van der Waals surface area contributed by atoms with Crippen LogP contribution in [0.5, 0.6) is 0 Å². The highest BCUT2D eigenvalue weighted by atomic mass is 16.4. The number of hydrogen-bond acceptors (Lipinski definition) is 4. The van der Waals surface area contributed by atoms with Gasteiger partial charge >= 0.3 is 0 Å². The van der Waals surface area contributed by atoms with E-state index in [-0.39, 0.29) is 13.1 Å². The number of carboxylic acid groups (broad SMARTS) is 2. The van der Waals surface area contributed by atoms with Crippen molar-refractivity contribution in [3.8, 4) is 0 Å². The quantitative estimate of drug-likeness (QED) is 0.773. The fourth-order valence-electron chi connectivity index (χ4n) is 2.01. The van der Waals surface area contributed by atoms with Gasteiger partial charge in [0.25, 0.3) is 0 Å². The standard InChI is InChI=1S/C16H16N2O4/c19-15(20)17(11-13-7-3-1-4-8-13)18(16(21)22)12-14-9-5-2-6-10-14/h1-10H,11-12H2,(H,19,20)(H,21,22)/p-2. The van der Waals surface area contributed by atoms with Crippen molar-refractivity contribution in [2.75, 3.05) is 0 Å². The summed E-state index contributed by atoms with van der Waals surface area (Å²) in [5.74, 6) is 0. The molecule has 22 heavy (non-hydrogen) atoms. The van der Waals surface area contributed by atoms with Crippen LogP contribution in [0.4, 0.5) is 9.59 Å². The van der Waals surface area contributed by atoms with E-state index in [1.165, 1.54) is 0 Å². The number of hydrogen-bond donors (Lipinski definition) is 0. The molecule has 0 radical (unpaired) electrons. The van der Waals surface area contributed by atoms with Crippen LogP contribution in [-0.2, 0) is 13.1 Å². The summed E-state index contributed by atoms with van der Waals surface area (Å²) >= 11 is 0. The Morgan fingerprint density at radius 1 is 0.682 bits per heavy atom. The van der Waals surface area contributed by atoms with Crippen LogP contribution in [0.25, 0.3) is 0 Å². The number of carbonyl (C=O) groups is 2. The third-order valence-electron chi connectivity index (χ3n) is 3.06. The maximum absolute atomic E-state index is 11.3. The van der Waals surface area contributed by atoms with Gasteiger partial charge in [0.2, 0.25) is 0 Å². The van der Waals surface area contributed by atoms with Crippen molar-refractivity contribution in [2.24, 2.45) is 0 Å². The SMILES string of the molecule is O=C([O-])N(Cc1ccccc1)N(Cc1ccccc1)C(=O)[O-]. The highest BCUT2D eigenvalue weighted by Gasteiger charge is 2.16. The summed E-state index contributed by atoms with van der Waals surface area (Å²) in [4.78, 5) is 22.6. The summed E-state index contributed by atoms with van der Waals surface area (Å²) in [7, 11) is 0. The Balaban J connectivity index is 2.22. The van der Waals surface area contributed by atoms with Crippen LogP contribution in [0.1, 0.15) is 11.1 Å². The second-order valence-corrected chi connectivity index (χ2v) is 4.62. The molecule has 0 aliphatic rings. The molecule has 0 aromatic heterocycles. The lowest BCUT2D eigenvalue weighted by Gasteiger charge is -2.38. The topological polar surface area (TPSA) is 86.7 Å². The molecule has 0 N–H and O–H groups in total. The first-order valence-corrected chi connectivity index (χ1v) is 6.62. The van der Waals surface area contributed by atoms with Crippen molar-refractivity contribution in [1.29, 1.82) is 0 Å². The molecule has 0 saturated carbocycles. The molecule has 2 amide bonds. The summed E-state index contributed by atoms with van der Waals surface area (Å²) < 4.78 is 0. The van der Waals surface area contributed by atoms with E-state index in [2.05, 4.69) is 0 Å². The molecule has 114 valence electrons. The second kappa shape index (κ2) is 7.12. The summed E-state index contributed by atoms with van der Waals surface area (Å²) in [6, 6.07) is 17.3. The number of nitrogens with zero attached hydrogens (tertiary/aromatic N) is 2. The maximum atomic E-state index is 11.3. The summed E-state index contributed by atoms with van der Waals surface area (Å²) in [6.45, 7) is -0.270. The Bertz CT molecular complexity index is 574. The summed E-state index contributed by atoms with van der Waals surface area (Å²) in [6.07, 6.45) is -3.21. The minimum Gasteiger partial charge on any atom is -0.529 e. The van der Waals surface area contributed by atoms with E-state index in [1.807, 2.05) is 0 Å². The van der Waals surface area contributed by atoms with Gasteiger partial charge in [0, 0.05) is 0 Å². The molecule has 6 nitrogen and oxygen atoms in total. The zero-order valence-electron chi connectivity index (χ0n) is 11.7. The Kier molecular flexibility index (Phi) is 4.98. The van der Waals surface area contributed by atoms with Crippen molar-refractivity contribution < 1.29 is 19.8 Å². The van der Waals surface area contributed by atoms with E-state index in [0.29, 0.717) is 21.1 Å². The van der Waals surface area contributed by atoms with Gasteiger partial charge in [0.1, 0.15) is 0 Å². The Morgan fingerprint density at radius 2 is 1.00 bits per heavy atom. The maximum Gasteiger partial charge on any atom is 0.157 e. The molecule has 0 unspecified atom stereocenters. The molecule has 0 saturated heterocycles. The van der Waals surface area contributed by atoms with Gasteiger partial charge in [0.15, 0.2) is 12.2 Å². The molecule has 0 fully saturated rings. The first-order chi connectivity index (χ1) is 10.6. The molecule has 0 atom stereocenters. The summed E-state index contributed by atoms with van der Waals surface area (Å²) in [5.41, 5.74) is 1.29. The fourth-order valence-corrected chi connectivity index (χ4v) is 2.01. The van der Waals surface area contributed by atoms with E-state index in [0.717, 1.165) is 0 Å². The van der Waals surface area contributed by atoms with Crippen molar-refractivity contribution >= 4 is 12.2 Å². The van der Waals surface area contributed by atoms with Crippen LogP contribution in [0.3, 0.4) is 0 Å². The van der Waals surface area contributed by atoms with Gasteiger partial charge in [-0.15, -0.1) is 0 Å². The second-order valence-electron chi connectivity index (χ2n) is 4.62. The van der Waals surface area contributed by atoms with E-state index >= 15 is 0 Å². The molecule has 2 aromatic rings. The zero-order chi connectivity index (χ0) is 15.9. The fraction of sp³-hybridized carbons (Fsp3) is 0.125.